The Morgan fingerprint density at radius 3 is 1.52 bits per heavy atom. The number of benzene rings is 11. The average Bonchev–Trinajstić information content (AvgIpc) is 3.86. The third-order valence-electron chi connectivity index (χ3n) is 12.4. The molecule has 0 aliphatic heterocycles. The van der Waals surface area contributed by atoms with E-state index in [0.29, 0.717) is 0 Å². The van der Waals surface area contributed by atoms with E-state index in [9.17, 15) is 0 Å². The van der Waals surface area contributed by atoms with Crippen LogP contribution in [0.3, 0.4) is 0 Å². The summed E-state index contributed by atoms with van der Waals surface area (Å²) in [5, 5.41) is 16.5. The lowest BCUT2D eigenvalue weighted by Crippen LogP contribution is -1.93. The van der Waals surface area contributed by atoms with E-state index in [1.165, 1.54) is 76.5 Å². The van der Waals surface area contributed by atoms with Gasteiger partial charge in [0.2, 0.25) is 0 Å². The van der Waals surface area contributed by atoms with Crippen LogP contribution in [0.1, 0.15) is 0 Å². The first-order valence-electron chi connectivity index (χ1n) is 19.9. The van der Waals surface area contributed by atoms with E-state index in [1.54, 1.807) is 0 Å². The van der Waals surface area contributed by atoms with Crippen LogP contribution in [0.5, 0.6) is 0 Å². The van der Waals surface area contributed by atoms with E-state index < -0.39 is 0 Å². The lowest BCUT2D eigenvalue weighted by Gasteiger charge is -2.20. The molecule has 13 aromatic rings. The van der Waals surface area contributed by atoms with Gasteiger partial charge in [-0.25, -0.2) is 0 Å². The van der Waals surface area contributed by atoms with Crippen LogP contribution >= 0.6 is 0 Å². The number of para-hydroxylation sites is 1. The van der Waals surface area contributed by atoms with Gasteiger partial charge in [-0.05, 0) is 112 Å². The second-order valence-corrected chi connectivity index (χ2v) is 15.5. The fourth-order valence-corrected chi connectivity index (χ4v) is 9.91. The van der Waals surface area contributed by atoms with Crippen molar-refractivity contribution in [2.75, 3.05) is 0 Å². The van der Waals surface area contributed by atoms with Crippen molar-refractivity contribution < 1.29 is 8.83 Å². The number of furan rings is 2. The van der Waals surface area contributed by atoms with Crippen molar-refractivity contribution in [2.24, 2.45) is 0 Å². The summed E-state index contributed by atoms with van der Waals surface area (Å²) in [6.45, 7) is 0. The van der Waals surface area contributed by atoms with Gasteiger partial charge in [-0.2, -0.15) is 0 Å². The summed E-state index contributed by atoms with van der Waals surface area (Å²) in [4.78, 5) is 0. The summed E-state index contributed by atoms with van der Waals surface area (Å²) in [5.41, 5.74) is 10.8. The zero-order valence-corrected chi connectivity index (χ0v) is 31.3. The fourth-order valence-electron chi connectivity index (χ4n) is 9.91. The molecule has 0 fully saturated rings. The molecule has 0 bridgehead atoms. The Labute approximate surface area is 332 Å². The van der Waals surface area contributed by atoms with Crippen LogP contribution in [0, 0.1) is 0 Å². The van der Waals surface area contributed by atoms with E-state index in [2.05, 4.69) is 182 Å². The molecule has 13 rings (SSSR count). The molecule has 0 atom stereocenters. The van der Waals surface area contributed by atoms with E-state index in [1.807, 2.05) is 12.1 Å². The maximum atomic E-state index is 6.89. The Bertz CT molecular complexity index is 3800. The lowest BCUT2D eigenvalue weighted by atomic mass is 9.83. The molecule has 2 aromatic heterocycles. The summed E-state index contributed by atoms with van der Waals surface area (Å²) in [6.07, 6.45) is 0. The average molecular weight is 737 g/mol. The fraction of sp³-hybridized carbons (Fsp3) is 0. The molecule has 0 unspecified atom stereocenters. The van der Waals surface area contributed by atoms with E-state index in [4.69, 9.17) is 8.83 Å². The first-order valence-corrected chi connectivity index (χ1v) is 19.9. The van der Waals surface area contributed by atoms with Crippen LogP contribution in [0.15, 0.2) is 203 Å². The minimum atomic E-state index is 0.837. The van der Waals surface area contributed by atoms with Crippen molar-refractivity contribution in [1.82, 2.24) is 0 Å². The van der Waals surface area contributed by atoms with Crippen LogP contribution in [0.25, 0.3) is 131 Å². The molecule has 0 spiro atoms. The van der Waals surface area contributed by atoms with Gasteiger partial charge >= 0.3 is 0 Å². The SMILES string of the molecule is c1ccc2cc(-c3c4ccccc4c(-c4ccc(-c5cc6c7ccc8oc9ccccc9c8c7oc6c6ccccc56)c5ccccc45)c4ccccc34)ccc2c1. The highest BCUT2D eigenvalue weighted by Crippen LogP contribution is 2.49. The van der Waals surface area contributed by atoms with Crippen LogP contribution < -0.4 is 0 Å². The third-order valence-corrected chi connectivity index (χ3v) is 12.4. The molecular weight excluding hydrogens is 705 g/mol. The number of fused-ring (bicyclic) bond motifs is 13. The summed E-state index contributed by atoms with van der Waals surface area (Å²) in [7, 11) is 0. The van der Waals surface area contributed by atoms with Crippen LogP contribution in [-0.2, 0) is 0 Å². The van der Waals surface area contributed by atoms with Gasteiger partial charge in [0.1, 0.15) is 22.3 Å². The Balaban J connectivity index is 1.08. The summed E-state index contributed by atoms with van der Waals surface area (Å²) in [6, 6.07) is 70.5. The lowest BCUT2D eigenvalue weighted by molar-refractivity contribution is 0.664. The highest BCUT2D eigenvalue weighted by Gasteiger charge is 2.22. The summed E-state index contributed by atoms with van der Waals surface area (Å²) >= 11 is 0. The van der Waals surface area contributed by atoms with Crippen LogP contribution in [-0.4, -0.2) is 0 Å². The molecule has 0 N–H and O–H groups in total. The standard InChI is InChI=1S/C56H32O2/c1-2-14-34-31-35(26-25-33(34)13-1)52-40-18-6-8-20-42(40)53(43-21-9-7-19-41(43)52)44-28-27-39(36-15-3-4-16-37(36)44)48-32-49-46-29-30-51-54(47-23-11-12-24-50(47)57-51)56(46)58-55(49)45-22-10-5-17-38(45)48/h1-32H. The molecule has 0 radical (unpaired) electrons. The normalized spacial score (nSPS) is 12.1. The first kappa shape index (κ1) is 31.5. The molecule has 0 saturated heterocycles. The van der Waals surface area contributed by atoms with Crippen molar-refractivity contribution in [2.45, 2.75) is 0 Å². The van der Waals surface area contributed by atoms with Crippen molar-refractivity contribution in [3.05, 3.63) is 194 Å². The van der Waals surface area contributed by atoms with Gasteiger partial charge < -0.3 is 8.83 Å². The Morgan fingerprint density at radius 1 is 0.259 bits per heavy atom. The van der Waals surface area contributed by atoms with E-state index in [-0.39, 0.29) is 0 Å². The van der Waals surface area contributed by atoms with Crippen molar-refractivity contribution in [1.29, 1.82) is 0 Å². The molecule has 0 aliphatic carbocycles. The van der Waals surface area contributed by atoms with Crippen molar-refractivity contribution in [3.63, 3.8) is 0 Å². The highest BCUT2D eigenvalue weighted by molar-refractivity contribution is 6.28. The molecule has 2 heteroatoms. The second-order valence-electron chi connectivity index (χ2n) is 15.5. The Morgan fingerprint density at radius 2 is 0.793 bits per heavy atom. The Kier molecular flexibility index (Phi) is 6.47. The minimum absolute atomic E-state index is 0.837. The summed E-state index contributed by atoms with van der Waals surface area (Å²) in [5.74, 6) is 0. The smallest absolute Gasteiger partial charge is 0.147 e. The third kappa shape index (κ3) is 4.37. The second kappa shape index (κ2) is 11.9. The minimum Gasteiger partial charge on any atom is -0.456 e. The molecule has 268 valence electrons. The maximum absolute atomic E-state index is 6.89. The van der Waals surface area contributed by atoms with Gasteiger partial charge in [0.15, 0.2) is 0 Å². The predicted octanol–water partition coefficient (Wildman–Crippen LogP) is 16.3. The van der Waals surface area contributed by atoms with Gasteiger partial charge in [-0.1, -0.05) is 164 Å². The van der Waals surface area contributed by atoms with Crippen LogP contribution in [0.2, 0.25) is 0 Å². The number of hydrogen-bond donors (Lipinski definition) is 0. The Hall–Kier alpha value is -7.68. The van der Waals surface area contributed by atoms with Gasteiger partial charge in [-0.15, -0.1) is 0 Å². The number of hydrogen-bond acceptors (Lipinski definition) is 2. The van der Waals surface area contributed by atoms with Crippen molar-refractivity contribution >= 4 is 97.7 Å². The van der Waals surface area contributed by atoms with Gasteiger partial charge in [0.25, 0.3) is 0 Å². The van der Waals surface area contributed by atoms with Gasteiger partial charge in [0, 0.05) is 21.5 Å². The van der Waals surface area contributed by atoms with Gasteiger partial charge in [-0.3, -0.25) is 0 Å². The van der Waals surface area contributed by atoms with E-state index >= 15 is 0 Å². The first-order chi connectivity index (χ1) is 28.8. The van der Waals surface area contributed by atoms with Gasteiger partial charge in [0.05, 0.1) is 5.39 Å². The summed E-state index contributed by atoms with van der Waals surface area (Å²) < 4.78 is 13.2. The predicted molar refractivity (Wildman–Crippen MR) is 245 cm³/mol. The molecule has 11 aromatic carbocycles. The molecule has 58 heavy (non-hydrogen) atoms. The van der Waals surface area contributed by atoms with Crippen molar-refractivity contribution in [3.8, 4) is 33.4 Å². The zero-order chi connectivity index (χ0) is 37.9. The highest BCUT2D eigenvalue weighted by atomic mass is 16.3. The molecule has 0 saturated carbocycles. The zero-order valence-electron chi connectivity index (χ0n) is 31.3. The van der Waals surface area contributed by atoms with Crippen LogP contribution in [0.4, 0.5) is 0 Å². The molecule has 2 nitrogen and oxygen atoms in total. The quantitative estimate of drug-likeness (QED) is 0.169. The largest absolute Gasteiger partial charge is 0.456 e. The topological polar surface area (TPSA) is 26.3 Å². The monoisotopic (exact) mass is 736 g/mol. The molecular formula is C56H32O2. The maximum Gasteiger partial charge on any atom is 0.147 e. The number of rotatable bonds is 3. The van der Waals surface area contributed by atoms with E-state index in [0.717, 1.165) is 54.6 Å². The molecule has 2 heterocycles. The molecule has 0 aliphatic rings. The molecule has 0 amide bonds.